The lowest BCUT2D eigenvalue weighted by Gasteiger charge is -2.21. The Morgan fingerprint density at radius 2 is 2.04 bits per heavy atom. The molecule has 124 valence electrons. The highest BCUT2D eigenvalue weighted by Gasteiger charge is 2.20. The molecular formula is C16H20BrClN4O. The standard InChI is InChI=1S/C16H20BrClN4O/c1-21(2)9-8-14(11-4-6-12(18)7-5-11)19-16(23)15-13(17)10-22(3)20-15/h4-7,10,14H,8-9H2,1-3H3,(H,19,23). The number of nitrogens with one attached hydrogen (secondary N) is 1. The largest absolute Gasteiger partial charge is 0.344 e. The highest BCUT2D eigenvalue weighted by molar-refractivity contribution is 9.10. The van der Waals surface area contributed by atoms with Crippen LogP contribution in [0, 0.1) is 0 Å². The van der Waals surface area contributed by atoms with E-state index in [1.807, 2.05) is 38.4 Å². The molecule has 1 atom stereocenters. The maximum atomic E-state index is 12.5. The first-order chi connectivity index (χ1) is 10.9. The second-order valence-corrected chi connectivity index (χ2v) is 6.96. The highest BCUT2D eigenvalue weighted by Crippen LogP contribution is 2.21. The van der Waals surface area contributed by atoms with Crippen molar-refractivity contribution >= 4 is 33.4 Å². The quantitative estimate of drug-likeness (QED) is 0.811. The third-order valence-corrected chi connectivity index (χ3v) is 4.27. The van der Waals surface area contributed by atoms with Crippen LogP contribution in [0.2, 0.25) is 5.02 Å². The summed E-state index contributed by atoms with van der Waals surface area (Å²) in [6.45, 7) is 0.858. The van der Waals surface area contributed by atoms with E-state index in [4.69, 9.17) is 11.6 Å². The first-order valence-electron chi connectivity index (χ1n) is 7.27. The lowest BCUT2D eigenvalue weighted by molar-refractivity contribution is 0.0926. The van der Waals surface area contributed by atoms with Crippen LogP contribution in [-0.2, 0) is 7.05 Å². The molecule has 23 heavy (non-hydrogen) atoms. The second-order valence-electron chi connectivity index (χ2n) is 5.67. The van der Waals surface area contributed by atoms with Crippen LogP contribution in [0.5, 0.6) is 0 Å². The van der Waals surface area contributed by atoms with E-state index in [0.717, 1.165) is 18.5 Å². The molecule has 1 N–H and O–H groups in total. The molecule has 1 unspecified atom stereocenters. The van der Waals surface area contributed by atoms with Crippen LogP contribution < -0.4 is 5.32 Å². The lowest BCUT2D eigenvalue weighted by Crippen LogP contribution is -2.31. The molecule has 0 radical (unpaired) electrons. The van der Waals surface area contributed by atoms with E-state index in [-0.39, 0.29) is 11.9 Å². The minimum atomic E-state index is -0.198. The second kappa shape index (κ2) is 7.95. The summed E-state index contributed by atoms with van der Waals surface area (Å²) in [7, 11) is 5.80. The van der Waals surface area contributed by atoms with Crippen LogP contribution in [0.4, 0.5) is 0 Å². The van der Waals surface area contributed by atoms with Gasteiger partial charge in [-0.2, -0.15) is 5.10 Å². The van der Waals surface area contributed by atoms with Crippen LogP contribution >= 0.6 is 27.5 Å². The molecule has 1 aromatic carbocycles. The zero-order valence-corrected chi connectivity index (χ0v) is 15.7. The van der Waals surface area contributed by atoms with E-state index >= 15 is 0 Å². The molecule has 2 aromatic rings. The zero-order chi connectivity index (χ0) is 17.0. The van der Waals surface area contributed by atoms with Gasteiger partial charge in [0.2, 0.25) is 0 Å². The predicted octanol–water partition coefficient (Wildman–Crippen LogP) is 3.26. The van der Waals surface area contributed by atoms with E-state index in [9.17, 15) is 4.79 Å². The first-order valence-corrected chi connectivity index (χ1v) is 8.44. The van der Waals surface area contributed by atoms with Crippen LogP contribution in [0.25, 0.3) is 0 Å². The van der Waals surface area contributed by atoms with Crippen molar-refractivity contribution in [3.05, 3.63) is 51.2 Å². The number of nitrogens with zero attached hydrogens (tertiary/aromatic N) is 3. The topological polar surface area (TPSA) is 50.2 Å². The van der Waals surface area contributed by atoms with Crippen molar-refractivity contribution in [3.63, 3.8) is 0 Å². The average Bonchev–Trinajstić information content (AvgIpc) is 2.83. The molecule has 1 heterocycles. The summed E-state index contributed by atoms with van der Waals surface area (Å²) in [6, 6.07) is 7.45. The lowest BCUT2D eigenvalue weighted by atomic mass is 10.0. The Morgan fingerprint density at radius 1 is 1.39 bits per heavy atom. The molecular weight excluding hydrogens is 380 g/mol. The van der Waals surface area contributed by atoms with Crippen molar-refractivity contribution in [1.82, 2.24) is 20.0 Å². The molecule has 1 aromatic heterocycles. The number of hydrogen-bond donors (Lipinski definition) is 1. The van der Waals surface area contributed by atoms with E-state index in [1.54, 1.807) is 17.9 Å². The molecule has 0 aliphatic heterocycles. The Balaban J connectivity index is 2.18. The third kappa shape index (κ3) is 5.06. The van der Waals surface area contributed by atoms with Crippen LogP contribution in [0.1, 0.15) is 28.5 Å². The number of carbonyl (C=O) groups is 1. The van der Waals surface area contributed by atoms with Crippen LogP contribution in [0.3, 0.4) is 0 Å². The molecule has 0 saturated heterocycles. The maximum absolute atomic E-state index is 12.5. The number of hydrogen-bond acceptors (Lipinski definition) is 3. The number of aromatic nitrogens is 2. The van der Waals surface area contributed by atoms with E-state index in [0.29, 0.717) is 15.2 Å². The fourth-order valence-corrected chi connectivity index (χ4v) is 2.93. The molecule has 0 fully saturated rings. The number of rotatable bonds is 6. The van der Waals surface area contributed by atoms with Gasteiger partial charge >= 0.3 is 0 Å². The first kappa shape index (κ1) is 18.0. The normalized spacial score (nSPS) is 12.4. The van der Waals surface area contributed by atoms with Gasteiger partial charge in [0, 0.05) is 18.3 Å². The molecule has 0 aliphatic carbocycles. The Kier molecular flexibility index (Phi) is 6.21. The average molecular weight is 400 g/mol. The number of aryl methyl sites for hydroxylation is 1. The van der Waals surface area contributed by atoms with Crippen molar-refractivity contribution in [2.45, 2.75) is 12.5 Å². The Bertz CT molecular complexity index is 669. The van der Waals surface area contributed by atoms with E-state index in [2.05, 4.69) is 31.2 Å². The van der Waals surface area contributed by atoms with Gasteiger partial charge in [-0.3, -0.25) is 9.48 Å². The van der Waals surface area contributed by atoms with Gasteiger partial charge in [-0.15, -0.1) is 0 Å². The molecule has 0 spiro atoms. The van der Waals surface area contributed by atoms with Crippen molar-refractivity contribution in [2.75, 3.05) is 20.6 Å². The van der Waals surface area contributed by atoms with Crippen molar-refractivity contribution < 1.29 is 4.79 Å². The van der Waals surface area contributed by atoms with E-state index in [1.165, 1.54) is 0 Å². The Morgan fingerprint density at radius 3 is 2.57 bits per heavy atom. The molecule has 7 heteroatoms. The van der Waals surface area contributed by atoms with Gasteiger partial charge in [0.1, 0.15) is 0 Å². The summed E-state index contributed by atoms with van der Waals surface area (Å²) < 4.78 is 2.29. The summed E-state index contributed by atoms with van der Waals surface area (Å²) in [5.41, 5.74) is 1.41. The molecule has 1 amide bonds. The number of amides is 1. The minimum absolute atomic E-state index is 0.101. The highest BCUT2D eigenvalue weighted by atomic mass is 79.9. The van der Waals surface area contributed by atoms with Gasteiger partial charge in [0.15, 0.2) is 5.69 Å². The summed E-state index contributed by atoms with van der Waals surface area (Å²) in [6.07, 6.45) is 2.55. The summed E-state index contributed by atoms with van der Waals surface area (Å²) in [4.78, 5) is 14.6. The fourth-order valence-electron chi connectivity index (χ4n) is 2.24. The van der Waals surface area contributed by atoms with Gasteiger partial charge in [-0.1, -0.05) is 23.7 Å². The number of halogens is 2. The van der Waals surface area contributed by atoms with Gasteiger partial charge in [-0.05, 0) is 60.7 Å². The van der Waals surface area contributed by atoms with E-state index < -0.39 is 0 Å². The smallest absolute Gasteiger partial charge is 0.273 e. The van der Waals surface area contributed by atoms with Crippen molar-refractivity contribution in [1.29, 1.82) is 0 Å². The molecule has 0 saturated carbocycles. The third-order valence-electron chi connectivity index (χ3n) is 3.44. The van der Waals surface area contributed by atoms with Crippen LogP contribution in [0.15, 0.2) is 34.9 Å². The van der Waals surface area contributed by atoms with Crippen molar-refractivity contribution in [3.8, 4) is 0 Å². The number of benzene rings is 1. The Labute approximate surface area is 149 Å². The maximum Gasteiger partial charge on any atom is 0.273 e. The van der Waals surface area contributed by atoms with Crippen molar-refractivity contribution in [2.24, 2.45) is 7.05 Å². The molecule has 0 aliphatic rings. The van der Waals surface area contributed by atoms with Gasteiger partial charge in [0.25, 0.3) is 5.91 Å². The SMILES string of the molecule is CN(C)CCC(NC(=O)c1nn(C)cc1Br)c1ccc(Cl)cc1. The predicted molar refractivity (Wildman–Crippen MR) is 95.7 cm³/mol. The van der Waals surface area contributed by atoms with Gasteiger partial charge in [-0.25, -0.2) is 0 Å². The minimum Gasteiger partial charge on any atom is -0.344 e. The van der Waals surface area contributed by atoms with Gasteiger partial charge in [0.05, 0.1) is 10.5 Å². The molecule has 2 rings (SSSR count). The zero-order valence-electron chi connectivity index (χ0n) is 13.4. The number of carbonyl (C=O) groups excluding carboxylic acids is 1. The van der Waals surface area contributed by atoms with Crippen LogP contribution in [-0.4, -0.2) is 41.2 Å². The Hall–Kier alpha value is -1.37. The fraction of sp³-hybridized carbons (Fsp3) is 0.375. The summed E-state index contributed by atoms with van der Waals surface area (Å²) >= 11 is 9.32. The van der Waals surface area contributed by atoms with Gasteiger partial charge < -0.3 is 10.2 Å². The molecule has 5 nitrogen and oxygen atoms in total. The summed E-state index contributed by atoms with van der Waals surface area (Å²) in [5.74, 6) is -0.198. The molecule has 0 bridgehead atoms. The monoisotopic (exact) mass is 398 g/mol. The summed E-state index contributed by atoms with van der Waals surface area (Å²) in [5, 5.41) is 7.94.